The van der Waals surface area contributed by atoms with Gasteiger partial charge in [0.15, 0.2) is 0 Å². The van der Waals surface area contributed by atoms with Crippen LogP contribution in [-0.4, -0.2) is 69.4 Å². The fourth-order valence-electron chi connectivity index (χ4n) is 3.03. The highest BCUT2D eigenvalue weighted by atomic mass is 16.6. The maximum atomic E-state index is 11.9. The smallest absolute Gasteiger partial charge is 0.408 e. The lowest BCUT2D eigenvalue weighted by atomic mass is 9.88. The Bertz CT molecular complexity index is 672. The van der Waals surface area contributed by atoms with Crippen molar-refractivity contribution in [2.75, 3.05) is 13.1 Å². The van der Waals surface area contributed by atoms with Crippen molar-refractivity contribution in [2.24, 2.45) is 11.8 Å². The van der Waals surface area contributed by atoms with Crippen molar-refractivity contribution in [3.05, 3.63) is 24.3 Å². The Labute approximate surface area is 182 Å². The standard InChI is InChI=1S/C21H35N3O7/c1-14-9-5-6-10-15(14)18(26)24(30)12-8-7-11-16(19(27)28)23-17(25)13-22-20(29)31-21(2,3)4/h5-6,9-10,14-16,18,26,30H,7-8,11-13H2,1-4H3,(H,22,29)(H,23,25)(H,27,28). The minimum Gasteiger partial charge on any atom is -0.480 e. The number of rotatable bonds is 11. The van der Waals surface area contributed by atoms with Crippen LogP contribution in [-0.2, 0) is 14.3 Å². The summed E-state index contributed by atoms with van der Waals surface area (Å²) in [7, 11) is 0. The molecular formula is C21H35N3O7. The average molecular weight is 442 g/mol. The number of hydroxylamine groups is 2. The number of unbranched alkanes of at least 4 members (excludes halogenated alkanes) is 1. The number of hydrogen-bond acceptors (Lipinski definition) is 7. The Morgan fingerprint density at radius 3 is 2.39 bits per heavy atom. The average Bonchev–Trinajstić information content (AvgIpc) is 2.66. The van der Waals surface area contributed by atoms with Crippen molar-refractivity contribution >= 4 is 18.0 Å². The number of allylic oxidation sites excluding steroid dienone is 3. The summed E-state index contributed by atoms with van der Waals surface area (Å²) in [6, 6.07) is -1.13. The van der Waals surface area contributed by atoms with Gasteiger partial charge in [-0.05, 0) is 46.0 Å². The summed E-state index contributed by atoms with van der Waals surface area (Å²) in [6.45, 7) is 6.74. The molecule has 0 aromatic carbocycles. The SMILES string of the molecule is CC1C=CC=CC1C(O)N(O)CCCCC(NC(=O)CNC(=O)OC(C)(C)C)C(=O)O. The monoisotopic (exact) mass is 441 g/mol. The van der Waals surface area contributed by atoms with E-state index in [1.807, 2.05) is 31.2 Å². The van der Waals surface area contributed by atoms with Crippen molar-refractivity contribution in [3.8, 4) is 0 Å². The molecule has 10 nitrogen and oxygen atoms in total. The van der Waals surface area contributed by atoms with Gasteiger partial charge in [0.05, 0.1) is 0 Å². The van der Waals surface area contributed by atoms with Gasteiger partial charge < -0.3 is 30.8 Å². The molecule has 0 aromatic heterocycles. The molecule has 4 unspecified atom stereocenters. The molecule has 1 rings (SSSR count). The second kappa shape index (κ2) is 12.4. The van der Waals surface area contributed by atoms with Gasteiger partial charge in [-0.3, -0.25) is 4.79 Å². The summed E-state index contributed by atoms with van der Waals surface area (Å²) in [4.78, 5) is 34.9. The zero-order valence-corrected chi connectivity index (χ0v) is 18.6. The highest BCUT2D eigenvalue weighted by molar-refractivity contribution is 5.86. The lowest BCUT2D eigenvalue weighted by molar-refractivity contribution is -0.213. The minimum atomic E-state index is -1.19. The van der Waals surface area contributed by atoms with Gasteiger partial charge in [-0.1, -0.05) is 31.2 Å². The summed E-state index contributed by atoms with van der Waals surface area (Å²) in [5.41, 5.74) is -0.708. The first-order chi connectivity index (χ1) is 14.4. The van der Waals surface area contributed by atoms with Crippen molar-refractivity contribution < 1.29 is 34.5 Å². The van der Waals surface area contributed by atoms with Gasteiger partial charge in [-0.2, -0.15) is 5.06 Å². The number of ether oxygens (including phenoxy) is 1. The van der Waals surface area contributed by atoms with E-state index in [1.165, 1.54) is 0 Å². The van der Waals surface area contributed by atoms with E-state index in [-0.39, 0.29) is 24.8 Å². The predicted molar refractivity (Wildman–Crippen MR) is 113 cm³/mol. The molecule has 0 aromatic rings. The van der Waals surface area contributed by atoms with Crippen LogP contribution in [0.4, 0.5) is 4.79 Å². The topological polar surface area (TPSA) is 148 Å². The van der Waals surface area contributed by atoms with Crippen LogP contribution in [0.25, 0.3) is 0 Å². The molecule has 31 heavy (non-hydrogen) atoms. The number of aliphatic hydroxyl groups is 1. The van der Waals surface area contributed by atoms with Crippen LogP contribution >= 0.6 is 0 Å². The maximum Gasteiger partial charge on any atom is 0.408 e. The lowest BCUT2D eigenvalue weighted by Crippen LogP contribution is -2.46. The molecule has 0 heterocycles. The number of carboxylic acid groups (broad SMARTS) is 1. The molecule has 0 saturated carbocycles. The molecule has 176 valence electrons. The molecule has 0 spiro atoms. The second-order valence-electron chi connectivity index (χ2n) is 8.59. The molecule has 5 N–H and O–H groups in total. The van der Waals surface area contributed by atoms with E-state index < -0.39 is 42.4 Å². The van der Waals surface area contributed by atoms with Crippen LogP contribution in [0.2, 0.25) is 0 Å². The lowest BCUT2D eigenvalue weighted by Gasteiger charge is -2.31. The van der Waals surface area contributed by atoms with E-state index in [0.717, 1.165) is 5.06 Å². The van der Waals surface area contributed by atoms with E-state index in [4.69, 9.17) is 4.74 Å². The fourth-order valence-corrected chi connectivity index (χ4v) is 3.03. The molecule has 0 fully saturated rings. The van der Waals surface area contributed by atoms with E-state index in [0.29, 0.717) is 12.8 Å². The van der Waals surface area contributed by atoms with E-state index in [9.17, 15) is 29.8 Å². The van der Waals surface area contributed by atoms with Crippen molar-refractivity contribution in [2.45, 2.75) is 64.8 Å². The third-order valence-electron chi connectivity index (χ3n) is 4.67. The Balaban J connectivity index is 2.36. The Kier molecular flexibility index (Phi) is 10.7. The molecule has 10 heteroatoms. The number of alkyl carbamates (subject to hydrolysis) is 1. The van der Waals surface area contributed by atoms with Gasteiger partial charge in [0.2, 0.25) is 5.91 Å². The van der Waals surface area contributed by atoms with Crippen molar-refractivity contribution in [1.82, 2.24) is 15.7 Å². The summed E-state index contributed by atoms with van der Waals surface area (Å²) in [6.07, 6.45) is 6.61. The summed E-state index contributed by atoms with van der Waals surface area (Å²) >= 11 is 0. The summed E-state index contributed by atoms with van der Waals surface area (Å²) < 4.78 is 5.01. The van der Waals surface area contributed by atoms with Crippen LogP contribution in [0, 0.1) is 11.8 Å². The normalized spacial score (nSPS) is 20.2. The number of hydrogen-bond donors (Lipinski definition) is 5. The van der Waals surface area contributed by atoms with Gasteiger partial charge in [0.25, 0.3) is 0 Å². The highest BCUT2D eigenvalue weighted by Gasteiger charge is 2.27. The Morgan fingerprint density at radius 1 is 1.16 bits per heavy atom. The number of carbonyl (C=O) groups is 3. The first-order valence-electron chi connectivity index (χ1n) is 10.4. The first-order valence-corrected chi connectivity index (χ1v) is 10.4. The number of amides is 2. The number of aliphatic hydroxyl groups excluding tert-OH is 1. The van der Waals surface area contributed by atoms with Gasteiger partial charge in [-0.25, -0.2) is 9.59 Å². The molecule has 1 aliphatic rings. The van der Waals surface area contributed by atoms with E-state index in [1.54, 1.807) is 20.8 Å². The number of nitrogens with one attached hydrogen (secondary N) is 2. The minimum absolute atomic E-state index is 0.0792. The van der Waals surface area contributed by atoms with E-state index >= 15 is 0 Å². The number of aliphatic carboxylic acids is 1. The number of carboxylic acids is 1. The third-order valence-corrected chi connectivity index (χ3v) is 4.67. The second-order valence-corrected chi connectivity index (χ2v) is 8.59. The molecule has 4 atom stereocenters. The van der Waals surface area contributed by atoms with Crippen LogP contribution in [0.15, 0.2) is 24.3 Å². The van der Waals surface area contributed by atoms with Crippen LogP contribution in [0.3, 0.4) is 0 Å². The molecule has 0 radical (unpaired) electrons. The summed E-state index contributed by atoms with van der Waals surface area (Å²) in [5, 5.41) is 35.2. The molecule has 0 bridgehead atoms. The quantitative estimate of drug-likeness (QED) is 0.185. The zero-order chi connectivity index (χ0) is 23.6. The Morgan fingerprint density at radius 2 is 1.81 bits per heavy atom. The van der Waals surface area contributed by atoms with Crippen LogP contribution in [0.1, 0.15) is 47.0 Å². The Hall–Kier alpha value is -2.43. The molecule has 0 aliphatic heterocycles. The first kappa shape index (κ1) is 26.6. The largest absolute Gasteiger partial charge is 0.480 e. The fraction of sp³-hybridized carbons (Fsp3) is 0.667. The highest BCUT2D eigenvalue weighted by Crippen LogP contribution is 2.24. The van der Waals surface area contributed by atoms with Gasteiger partial charge in [-0.15, -0.1) is 0 Å². The molecule has 2 amide bonds. The number of nitrogens with zero attached hydrogens (tertiary/aromatic N) is 1. The number of carbonyl (C=O) groups excluding carboxylic acids is 2. The van der Waals surface area contributed by atoms with Gasteiger partial charge in [0.1, 0.15) is 24.4 Å². The molecule has 1 aliphatic carbocycles. The maximum absolute atomic E-state index is 11.9. The molecule has 0 saturated heterocycles. The van der Waals surface area contributed by atoms with Crippen LogP contribution in [0.5, 0.6) is 0 Å². The van der Waals surface area contributed by atoms with Crippen LogP contribution < -0.4 is 10.6 Å². The molecular weight excluding hydrogens is 406 g/mol. The zero-order valence-electron chi connectivity index (χ0n) is 18.6. The predicted octanol–water partition coefficient (Wildman–Crippen LogP) is 1.64. The third kappa shape index (κ3) is 10.4. The van der Waals surface area contributed by atoms with Crippen molar-refractivity contribution in [1.29, 1.82) is 0 Å². The summed E-state index contributed by atoms with van der Waals surface area (Å²) in [5.74, 6) is -2.00. The van der Waals surface area contributed by atoms with Gasteiger partial charge >= 0.3 is 12.1 Å². The van der Waals surface area contributed by atoms with Crippen molar-refractivity contribution in [3.63, 3.8) is 0 Å². The van der Waals surface area contributed by atoms with Gasteiger partial charge in [0, 0.05) is 12.5 Å². The van der Waals surface area contributed by atoms with E-state index in [2.05, 4.69) is 10.6 Å².